The van der Waals surface area contributed by atoms with Crippen LogP contribution in [0.15, 0.2) is 48.5 Å². The van der Waals surface area contributed by atoms with Crippen LogP contribution in [0.1, 0.15) is 30.6 Å². The van der Waals surface area contributed by atoms with E-state index in [1.165, 1.54) is 0 Å². The van der Waals surface area contributed by atoms with E-state index in [0.29, 0.717) is 6.61 Å². The Morgan fingerprint density at radius 1 is 1.00 bits per heavy atom. The Morgan fingerprint density at radius 2 is 1.76 bits per heavy atom. The maximum Gasteiger partial charge on any atom is 0.119 e. The van der Waals surface area contributed by atoms with Crippen LogP contribution in [-0.4, -0.2) is 18.3 Å². The molecule has 0 aliphatic rings. The van der Waals surface area contributed by atoms with Crippen molar-refractivity contribution in [2.24, 2.45) is 0 Å². The Balaban J connectivity index is 1.89. The normalized spacial score (nSPS) is 12.0. The van der Waals surface area contributed by atoms with E-state index in [9.17, 15) is 5.11 Å². The second-order valence-corrected chi connectivity index (χ2v) is 5.06. The molecule has 0 amide bonds. The first kappa shape index (κ1) is 15.4. The standard InChI is InChI=1S/C18H22O3/c1-3-11-20-16-9-7-15(8-10-16)18(19)13-21-17-6-4-5-14(2)12-17/h4-10,12,18-19H,3,11,13H2,1-2H3. The van der Waals surface area contributed by atoms with Crippen LogP contribution in [0.4, 0.5) is 0 Å². The van der Waals surface area contributed by atoms with Gasteiger partial charge in [0.1, 0.15) is 24.2 Å². The van der Waals surface area contributed by atoms with Gasteiger partial charge in [-0.3, -0.25) is 0 Å². The fraction of sp³-hybridized carbons (Fsp3) is 0.333. The van der Waals surface area contributed by atoms with Gasteiger partial charge in [-0.2, -0.15) is 0 Å². The summed E-state index contributed by atoms with van der Waals surface area (Å²) in [6.07, 6.45) is 0.333. The first-order valence-electron chi connectivity index (χ1n) is 7.29. The van der Waals surface area contributed by atoms with Crippen LogP contribution in [0, 0.1) is 6.92 Å². The van der Waals surface area contributed by atoms with Crippen LogP contribution in [0.2, 0.25) is 0 Å². The lowest BCUT2D eigenvalue weighted by molar-refractivity contribution is 0.108. The van der Waals surface area contributed by atoms with Gasteiger partial charge in [0.2, 0.25) is 0 Å². The van der Waals surface area contributed by atoms with Gasteiger partial charge in [-0.05, 0) is 48.7 Å². The van der Waals surface area contributed by atoms with Gasteiger partial charge in [0, 0.05) is 0 Å². The molecule has 1 N–H and O–H groups in total. The molecule has 0 spiro atoms. The molecule has 0 aliphatic heterocycles. The van der Waals surface area contributed by atoms with Crippen molar-refractivity contribution in [3.63, 3.8) is 0 Å². The van der Waals surface area contributed by atoms with Crippen LogP contribution in [0.25, 0.3) is 0 Å². The maximum atomic E-state index is 10.2. The molecule has 3 nitrogen and oxygen atoms in total. The molecular formula is C18H22O3. The second kappa shape index (κ2) is 7.70. The number of ether oxygens (including phenoxy) is 2. The topological polar surface area (TPSA) is 38.7 Å². The summed E-state index contributed by atoms with van der Waals surface area (Å²) in [6, 6.07) is 15.3. The number of aliphatic hydroxyl groups is 1. The van der Waals surface area contributed by atoms with E-state index in [2.05, 4.69) is 6.92 Å². The maximum absolute atomic E-state index is 10.2. The second-order valence-electron chi connectivity index (χ2n) is 5.06. The van der Waals surface area contributed by atoms with E-state index in [4.69, 9.17) is 9.47 Å². The molecule has 0 fully saturated rings. The average Bonchev–Trinajstić information content (AvgIpc) is 2.51. The zero-order valence-electron chi connectivity index (χ0n) is 12.6. The minimum absolute atomic E-state index is 0.235. The monoisotopic (exact) mass is 286 g/mol. The van der Waals surface area contributed by atoms with Crippen LogP contribution in [0.5, 0.6) is 11.5 Å². The highest BCUT2D eigenvalue weighted by atomic mass is 16.5. The van der Waals surface area contributed by atoms with Crippen LogP contribution in [0.3, 0.4) is 0 Å². The molecule has 0 saturated heterocycles. The zero-order chi connectivity index (χ0) is 15.1. The van der Waals surface area contributed by atoms with Crippen molar-refractivity contribution in [3.05, 3.63) is 59.7 Å². The van der Waals surface area contributed by atoms with Crippen molar-refractivity contribution < 1.29 is 14.6 Å². The summed E-state index contributed by atoms with van der Waals surface area (Å²) >= 11 is 0. The van der Waals surface area contributed by atoms with Gasteiger partial charge in [0.15, 0.2) is 0 Å². The fourth-order valence-electron chi connectivity index (χ4n) is 1.98. The third-order valence-electron chi connectivity index (χ3n) is 3.14. The lowest BCUT2D eigenvalue weighted by atomic mass is 10.1. The van der Waals surface area contributed by atoms with Gasteiger partial charge in [-0.15, -0.1) is 0 Å². The highest BCUT2D eigenvalue weighted by Crippen LogP contribution is 2.20. The van der Waals surface area contributed by atoms with Gasteiger partial charge in [-0.1, -0.05) is 31.2 Å². The fourth-order valence-corrected chi connectivity index (χ4v) is 1.98. The van der Waals surface area contributed by atoms with Crippen molar-refractivity contribution >= 4 is 0 Å². The molecule has 0 heterocycles. The summed E-state index contributed by atoms with van der Waals surface area (Å²) in [4.78, 5) is 0. The SMILES string of the molecule is CCCOc1ccc(C(O)COc2cccc(C)c2)cc1. The lowest BCUT2D eigenvalue weighted by Crippen LogP contribution is -2.09. The molecule has 2 aromatic carbocycles. The van der Waals surface area contributed by atoms with E-state index in [1.807, 2.05) is 55.5 Å². The van der Waals surface area contributed by atoms with Crippen molar-refractivity contribution in [2.45, 2.75) is 26.4 Å². The molecule has 2 rings (SSSR count). The summed E-state index contributed by atoms with van der Waals surface area (Å²) in [5.41, 5.74) is 1.96. The average molecular weight is 286 g/mol. The Labute approximate surface area is 126 Å². The third kappa shape index (κ3) is 4.80. The van der Waals surface area contributed by atoms with E-state index < -0.39 is 6.10 Å². The van der Waals surface area contributed by atoms with Crippen molar-refractivity contribution in [1.29, 1.82) is 0 Å². The molecule has 0 aromatic heterocycles. The zero-order valence-corrected chi connectivity index (χ0v) is 12.6. The predicted molar refractivity (Wildman–Crippen MR) is 83.9 cm³/mol. The number of hydrogen-bond donors (Lipinski definition) is 1. The van der Waals surface area contributed by atoms with Gasteiger partial charge >= 0.3 is 0 Å². The van der Waals surface area contributed by atoms with E-state index in [-0.39, 0.29) is 6.61 Å². The number of benzene rings is 2. The van der Waals surface area contributed by atoms with Crippen LogP contribution < -0.4 is 9.47 Å². The largest absolute Gasteiger partial charge is 0.494 e. The van der Waals surface area contributed by atoms with Crippen LogP contribution in [-0.2, 0) is 0 Å². The molecule has 1 atom stereocenters. The highest BCUT2D eigenvalue weighted by molar-refractivity contribution is 5.30. The van der Waals surface area contributed by atoms with E-state index in [0.717, 1.165) is 29.0 Å². The number of aryl methyl sites for hydroxylation is 1. The Bertz CT molecular complexity index is 549. The predicted octanol–water partition coefficient (Wildman–Crippen LogP) is 3.90. The first-order chi connectivity index (χ1) is 10.2. The Hall–Kier alpha value is -2.00. The van der Waals surface area contributed by atoms with E-state index in [1.54, 1.807) is 0 Å². The molecule has 2 aromatic rings. The number of aliphatic hydroxyl groups excluding tert-OH is 1. The third-order valence-corrected chi connectivity index (χ3v) is 3.14. The minimum atomic E-state index is -0.647. The van der Waals surface area contributed by atoms with Gasteiger partial charge in [-0.25, -0.2) is 0 Å². The highest BCUT2D eigenvalue weighted by Gasteiger charge is 2.08. The Morgan fingerprint density at radius 3 is 2.43 bits per heavy atom. The van der Waals surface area contributed by atoms with Gasteiger partial charge in [0.05, 0.1) is 6.61 Å². The molecule has 21 heavy (non-hydrogen) atoms. The lowest BCUT2D eigenvalue weighted by Gasteiger charge is -2.13. The summed E-state index contributed by atoms with van der Waals surface area (Å²) in [5.74, 6) is 1.60. The van der Waals surface area contributed by atoms with Crippen molar-refractivity contribution in [3.8, 4) is 11.5 Å². The molecule has 0 radical (unpaired) electrons. The summed E-state index contributed by atoms with van der Waals surface area (Å²) in [6.45, 7) is 5.02. The van der Waals surface area contributed by atoms with Crippen LogP contribution >= 0.6 is 0 Å². The molecular weight excluding hydrogens is 264 g/mol. The van der Waals surface area contributed by atoms with Crippen molar-refractivity contribution in [2.75, 3.05) is 13.2 Å². The smallest absolute Gasteiger partial charge is 0.119 e. The Kier molecular flexibility index (Phi) is 5.64. The molecule has 1 unspecified atom stereocenters. The summed E-state index contributed by atoms with van der Waals surface area (Å²) < 4.78 is 11.1. The molecule has 3 heteroatoms. The van der Waals surface area contributed by atoms with E-state index >= 15 is 0 Å². The quantitative estimate of drug-likeness (QED) is 0.839. The van der Waals surface area contributed by atoms with Gasteiger partial charge < -0.3 is 14.6 Å². The summed E-state index contributed by atoms with van der Waals surface area (Å²) in [7, 11) is 0. The van der Waals surface area contributed by atoms with Crippen molar-refractivity contribution in [1.82, 2.24) is 0 Å². The van der Waals surface area contributed by atoms with Gasteiger partial charge in [0.25, 0.3) is 0 Å². The molecule has 0 aliphatic carbocycles. The first-order valence-corrected chi connectivity index (χ1v) is 7.29. The number of rotatable bonds is 7. The number of hydrogen-bond acceptors (Lipinski definition) is 3. The summed E-state index contributed by atoms with van der Waals surface area (Å²) in [5, 5.41) is 10.2. The molecule has 0 saturated carbocycles. The molecule has 112 valence electrons. The molecule has 0 bridgehead atoms. The minimum Gasteiger partial charge on any atom is -0.494 e.